The molecule has 0 saturated carbocycles. The molecule has 0 amide bonds. The topological polar surface area (TPSA) is 48.0 Å². The highest BCUT2D eigenvalue weighted by molar-refractivity contribution is 5.91. The second-order valence-electron chi connectivity index (χ2n) is 7.93. The van der Waals surface area contributed by atoms with Crippen molar-refractivity contribution >= 4 is 22.4 Å². The second kappa shape index (κ2) is 9.03. The zero-order valence-corrected chi connectivity index (χ0v) is 17.2. The van der Waals surface area contributed by atoms with Gasteiger partial charge in [0.25, 0.3) is 0 Å². The lowest BCUT2D eigenvalue weighted by Gasteiger charge is -2.37. The summed E-state index contributed by atoms with van der Waals surface area (Å²) in [6.45, 7) is 10.7. The molecule has 0 spiro atoms. The van der Waals surface area contributed by atoms with Crippen molar-refractivity contribution in [2.45, 2.75) is 6.42 Å². The summed E-state index contributed by atoms with van der Waals surface area (Å²) in [7, 11) is 4.06. The van der Waals surface area contributed by atoms with Gasteiger partial charge in [0, 0.05) is 84.1 Å². The Morgan fingerprint density at radius 2 is 1.71 bits per heavy atom. The number of anilines is 2. The first-order valence-electron chi connectivity index (χ1n) is 10.4. The summed E-state index contributed by atoms with van der Waals surface area (Å²) in [5.41, 5.74) is 2.28. The normalized spacial score (nSPS) is 19.7. The van der Waals surface area contributed by atoms with Gasteiger partial charge in [-0.25, -0.2) is 9.97 Å². The van der Waals surface area contributed by atoms with Gasteiger partial charge in [-0.1, -0.05) is 0 Å². The summed E-state index contributed by atoms with van der Waals surface area (Å²) in [4.78, 5) is 18.6. The van der Waals surface area contributed by atoms with E-state index in [2.05, 4.69) is 47.8 Å². The molecular weight excluding hydrogens is 352 g/mol. The number of piperazine rings is 1. The van der Waals surface area contributed by atoms with Crippen LogP contribution >= 0.6 is 0 Å². The Kier molecular flexibility index (Phi) is 6.24. The lowest BCUT2D eigenvalue weighted by molar-refractivity contribution is 0.137. The SMILES string of the molecule is CN(C)c1ncnc2ccc(N3CCN(CCN4CCCOCC4)CC3)cc12. The van der Waals surface area contributed by atoms with Gasteiger partial charge in [0.05, 0.1) is 12.1 Å². The summed E-state index contributed by atoms with van der Waals surface area (Å²) in [6.07, 6.45) is 2.81. The van der Waals surface area contributed by atoms with E-state index in [-0.39, 0.29) is 0 Å². The summed E-state index contributed by atoms with van der Waals surface area (Å²) in [5.74, 6) is 0.979. The minimum absolute atomic E-state index is 0.883. The van der Waals surface area contributed by atoms with E-state index in [1.165, 1.54) is 12.2 Å². The quantitative estimate of drug-likeness (QED) is 0.775. The average Bonchev–Trinajstić information content (AvgIpc) is 3.00. The maximum Gasteiger partial charge on any atom is 0.139 e. The van der Waals surface area contributed by atoms with Crippen molar-refractivity contribution in [3.63, 3.8) is 0 Å². The number of ether oxygens (including phenoxy) is 1. The smallest absolute Gasteiger partial charge is 0.139 e. The molecule has 7 nitrogen and oxygen atoms in total. The van der Waals surface area contributed by atoms with Crippen LogP contribution in [-0.2, 0) is 4.74 Å². The molecule has 0 aliphatic carbocycles. The molecule has 2 saturated heterocycles. The van der Waals surface area contributed by atoms with E-state index in [4.69, 9.17) is 4.74 Å². The molecular formula is C21H32N6O. The summed E-state index contributed by atoms with van der Waals surface area (Å²) in [5, 5.41) is 1.12. The van der Waals surface area contributed by atoms with Crippen LogP contribution in [0.2, 0.25) is 0 Å². The summed E-state index contributed by atoms with van der Waals surface area (Å²) >= 11 is 0. The van der Waals surface area contributed by atoms with Crippen molar-refractivity contribution in [1.29, 1.82) is 0 Å². The molecule has 4 rings (SSSR count). The van der Waals surface area contributed by atoms with Crippen LogP contribution in [0.15, 0.2) is 24.5 Å². The molecule has 2 aromatic rings. The maximum absolute atomic E-state index is 5.56. The van der Waals surface area contributed by atoms with Crippen molar-refractivity contribution in [2.24, 2.45) is 0 Å². The van der Waals surface area contributed by atoms with Gasteiger partial charge in [-0.05, 0) is 24.6 Å². The van der Waals surface area contributed by atoms with Gasteiger partial charge in [0.15, 0.2) is 0 Å². The van der Waals surface area contributed by atoms with E-state index in [1.54, 1.807) is 6.33 Å². The van der Waals surface area contributed by atoms with Crippen LogP contribution in [0, 0.1) is 0 Å². The van der Waals surface area contributed by atoms with E-state index in [9.17, 15) is 0 Å². The van der Waals surface area contributed by atoms with E-state index < -0.39 is 0 Å². The monoisotopic (exact) mass is 384 g/mol. The van der Waals surface area contributed by atoms with Crippen molar-refractivity contribution in [1.82, 2.24) is 19.8 Å². The number of hydrogen-bond donors (Lipinski definition) is 0. The van der Waals surface area contributed by atoms with Crippen molar-refractivity contribution < 1.29 is 4.74 Å². The Morgan fingerprint density at radius 1 is 0.929 bits per heavy atom. The molecule has 0 atom stereocenters. The van der Waals surface area contributed by atoms with Crippen LogP contribution in [0.5, 0.6) is 0 Å². The molecule has 2 aliphatic rings. The number of hydrogen-bond acceptors (Lipinski definition) is 7. The fraction of sp³-hybridized carbons (Fsp3) is 0.619. The Bertz CT molecular complexity index is 767. The van der Waals surface area contributed by atoms with Gasteiger partial charge >= 0.3 is 0 Å². The van der Waals surface area contributed by atoms with Gasteiger partial charge in [-0.3, -0.25) is 9.80 Å². The molecule has 7 heteroatoms. The largest absolute Gasteiger partial charge is 0.380 e. The van der Waals surface area contributed by atoms with Crippen LogP contribution in [0.1, 0.15) is 6.42 Å². The minimum atomic E-state index is 0.883. The zero-order valence-electron chi connectivity index (χ0n) is 17.2. The highest BCUT2D eigenvalue weighted by atomic mass is 16.5. The molecule has 1 aromatic heterocycles. The lowest BCUT2D eigenvalue weighted by Crippen LogP contribution is -2.48. The number of nitrogens with zero attached hydrogens (tertiary/aromatic N) is 6. The minimum Gasteiger partial charge on any atom is -0.380 e. The van der Waals surface area contributed by atoms with Crippen molar-refractivity contribution in [3.05, 3.63) is 24.5 Å². The Labute approximate surface area is 167 Å². The van der Waals surface area contributed by atoms with Gasteiger partial charge in [0.1, 0.15) is 12.1 Å². The molecule has 0 radical (unpaired) electrons. The van der Waals surface area contributed by atoms with Gasteiger partial charge in [-0.2, -0.15) is 0 Å². The first kappa shape index (κ1) is 19.4. The van der Waals surface area contributed by atoms with Crippen molar-refractivity contribution in [3.8, 4) is 0 Å². The van der Waals surface area contributed by atoms with Crippen LogP contribution in [0.4, 0.5) is 11.5 Å². The number of fused-ring (bicyclic) bond motifs is 1. The molecule has 0 unspecified atom stereocenters. The molecule has 0 N–H and O–H groups in total. The highest BCUT2D eigenvalue weighted by Gasteiger charge is 2.19. The van der Waals surface area contributed by atoms with Crippen LogP contribution in [0.3, 0.4) is 0 Å². The first-order valence-corrected chi connectivity index (χ1v) is 10.4. The fourth-order valence-electron chi connectivity index (χ4n) is 4.12. The van der Waals surface area contributed by atoms with E-state index >= 15 is 0 Å². The average molecular weight is 385 g/mol. The van der Waals surface area contributed by atoms with Crippen molar-refractivity contribution in [2.75, 3.05) is 89.5 Å². The second-order valence-corrected chi connectivity index (χ2v) is 7.93. The van der Waals surface area contributed by atoms with Gasteiger partial charge in [-0.15, -0.1) is 0 Å². The Balaban J connectivity index is 1.35. The zero-order chi connectivity index (χ0) is 19.3. The lowest BCUT2D eigenvalue weighted by atomic mass is 10.1. The van der Waals surface area contributed by atoms with Gasteiger partial charge in [0.2, 0.25) is 0 Å². The van der Waals surface area contributed by atoms with Crippen LogP contribution in [-0.4, -0.2) is 99.4 Å². The van der Waals surface area contributed by atoms with E-state index in [0.29, 0.717) is 0 Å². The summed E-state index contributed by atoms with van der Waals surface area (Å²) in [6, 6.07) is 6.56. The summed E-state index contributed by atoms with van der Waals surface area (Å²) < 4.78 is 5.56. The Hall–Kier alpha value is -1.96. The molecule has 152 valence electrons. The maximum atomic E-state index is 5.56. The van der Waals surface area contributed by atoms with Crippen LogP contribution in [0.25, 0.3) is 10.9 Å². The fourth-order valence-corrected chi connectivity index (χ4v) is 4.12. The van der Waals surface area contributed by atoms with Gasteiger partial charge < -0.3 is 14.5 Å². The number of rotatable bonds is 5. The highest BCUT2D eigenvalue weighted by Crippen LogP contribution is 2.27. The molecule has 28 heavy (non-hydrogen) atoms. The predicted octanol–water partition coefficient (Wildman–Crippen LogP) is 1.54. The number of aromatic nitrogens is 2. The standard InChI is InChI=1S/C21H32N6O/c1-24(2)21-19-16-18(4-5-20(19)22-17-23-21)27-11-9-26(10-12-27)8-7-25-6-3-14-28-15-13-25/h4-5,16-17H,3,6-15H2,1-2H3. The van der Waals surface area contributed by atoms with Crippen LogP contribution < -0.4 is 9.80 Å². The Morgan fingerprint density at radius 3 is 2.50 bits per heavy atom. The molecule has 2 fully saturated rings. The first-order chi connectivity index (χ1) is 13.7. The van der Waals surface area contributed by atoms with E-state index in [1.807, 2.05) is 14.1 Å². The molecule has 0 bridgehead atoms. The molecule has 1 aromatic carbocycles. The molecule has 3 heterocycles. The molecule has 2 aliphatic heterocycles. The third-order valence-corrected chi connectivity index (χ3v) is 5.81. The third kappa shape index (κ3) is 4.54. The predicted molar refractivity (Wildman–Crippen MR) is 114 cm³/mol. The van der Waals surface area contributed by atoms with E-state index in [0.717, 1.165) is 82.2 Å². The third-order valence-electron chi connectivity index (χ3n) is 5.81. The number of benzene rings is 1.